The second kappa shape index (κ2) is 6.65. The van der Waals surface area contributed by atoms with Gasteiger partial charge < -0.3 is 10.6 Å². The summed E-state index contributed by atoms with van der Waals surface area (Å²) in [5.41, 5.74) is 0.828. The maximum absolute atomic E-state index is 11.7. The van der Waals surface area contributed by atoms with E-state index in [1.165, 1.54) is 0 Å². The minimum absolute atomic E-state index is 0.281. The first kappa shape index (κ1) is 13.2. The highest BCUT2D eigenvalue weighted by molar-refractivity contribution is 6.31. The summed E-state index contributed by atoms with van der Waals surface area (Å²) in [6.45, 7) is 4.10. The van der Waals surface area contributed by atoms with E-state index in [9.17, 15) is 9.59 Å². The molecule has 0 aromatic heterocycles. The lowest BCUT2D eigenvalue weighted by Crippen LogP contribution is -2.31. The summed E-state index contributed by atoms with van der Waals surface area (Å²) in [4.78, 5) is 25.5. The standard InChI is InChI=1S/C11H12ClN3O2/c1-13-10-6-8(12)2-3-9(10)11(17)15-5-4-14-7-16/h2-3,6-7H,1,4-5H2,(H,14,16)(H,15,17). The number of aliphatic imine (C=N–C) groups is 1. The van der Waals surface area contributed by atoms with Gasteiger partial charge in [0.25, 0.3) is 5.91 Å². The van der Waals surface area contributed by atoms with Gasteiger partial charge in [0.2, 0.25) is 6.41 Å². The van der Waals surface area contributed by atoms with Crippen LogP contribution in [0.25, 0.3) is 0 Å². The molecule has 0 aliphatic carbocycles. The van der Waals surface area contributed by atoms with Crippen molar-refractivity contribution in [2.75, 3.05) is 13.1 Å². The molecular formula is C11H12ClN3O2. The van der Waals surface area contributed by atoms with Crippen molar-refractivity contribution in [3.63, 3.8) is 0 Å². The molecule has 0 fully saturated rings. The van der Waals surface area contributed by atoms with E-state index in [0.717, 1.165) is 0 Å². The number of rotatable bonds is 6. The van der Waals surface area contributed by atoms with Gasteiger partial charge in [-0.3, -0.25) is 14.6 Å². The molecule has 0 aliphatic rings. The summed E-state index contributed by atoms with van der Waals surface area (Å²) >= 11 is 5.78. The number of carbonyl (C=O) groups excluding carboxylic acids is 2. The van der Waals surface area contributed by atoms with Crippen LogP contribution in [-0.2, 0) is 4.79 Å². The molecule has 0 spiro atoms. The zero-order valence-electron chi connectivity index (χ0n) is 9.07. The predicted octanol–water partition coefficient (Wildman–Crippen LogP) is 1.15. The monoisotopic (exact) mass is 253 g/mol. The van der Waals surface area contributed by atoms with Crippen molar-refractivity contribution in [1.82, 2.24) is 10.6 Å². The lowest BCUT2D eigenvalue weighted by atomic mass is 10.1. The fourth-order valence-corrected chi connectivity index (χ4v) is 1.40. The van der Waals surface area contributed by atoms with E-state index in [1.54, 1.807) is 18.2 Å². The molecule has 90 valence electrons. The summed E-state index contributed by atoms with van der Waals surface area (Å²) in [5, 5.41) is 5.57. The first-order valence-electron chi connectivity index (χ1n) is 4.90. The maximum atomic E-state index is 11.7. The highest BCUT2D eigenvalue weighted by atomic mass is 35.5. The predicted molar refractivity (Wildman–Crippen MR) is 67.1 cm³/mol. The number of carbonyl (C=O) groups is 2. The minimum Gasteiger partial charge on any atom is -0.357 e. The molecule has 1 aromatic carbocycles. The summed E-state index contributed by atoms with van der Waals surface area (Å²) < 4.78 is 0. The summed E-state index contributed by atoms with van der Waals surface area (Å²) in [5.74, 6) is -0.281. The second-order valence-electron chi connectivity index (χ2n) is 3.15. The molecule has 17 heavy (non-hydrogen) atoms. The molecule has 6 heteroatoms. The molecular weight excluding hydrogens is 242 g/mol. The summed E-state index contributed by atoms with van der Waals surface area (Å²) in [6, 6.07) is 4.75. The van der Waals surface area contributed by atoms with Gasteiger partial charge in [0.05, 0.1) is 11.3 Å². The highest BCUT2D eigenvalue weighted by Gasteiger charge is 2.10. The van der Waals surface area contributed by atoms with Gasteiger partial charge in [-0.2, -0.15) is 0 Å². The van der Waals surface area contributed by atoms with Crippen molar-refractivity contribution in [3.05, 3.63) is 28.8 Å². The molecule has 0 bridgehead atoms. The Kier molecular flexibility index (Phi) is 5.16. The van der Waals surface area contributed by atoms with Crippen molar-refractivity contribution >= 4 is 36.3 Å². The number of hydrogen-bond acceptors (Lipinski definition) is 3. The SMILES string of the molecule is C=Nc1cc(Cl)ccc1C(=O)NCCNC=O. The smallest absolute Gasteiger partial charge is 0.253 e. The van der Waals surface area contributed by atoms with Crippen LogP contribution in [-0.4, -0.2) is 32.1 Å². The first-order chi connectivity index (χ1) is 8.19. The van der Waals surface area contributed by atoms with Gasteiger partial charge in [-0.25, -0.2) is 0 Å². The van der Waals surface area contributed by atoms with E-state index < -0.39 is 0 Å². The van der Waals surface area contributed by atoms with E-state index in [0.29, 0.717) is 35.8 Å². The summed E-state index contributed by atoms with van der Waals surface area (Å²) in [6.07, 6.45) is 0.575. The Balaban J connectivity index is 2.68. The largest absolute Gasteiger partial charge is 0.357 e. The van der Waals surface area contributed by atoms with E-state index in [4.69, 9.17) is 11.6 Å². The van der Waals surface area contributed by atoms with Crippen molar-refractivity contribution < 1.29 is 9.59 Å². The number of halogens is 1. The van der Waals surface area contributed by atoms with Gasteiger partial charge in [0, 0.05) is 18.1 Å². The average molecular weight is 254 g/mol. The second-order valence-corrected chi connectivity index (χ2v) is 3.58. The Morgan fingerprint density at radius 2 is 2.24 bits per heavy atom. The molecule has 0 saturated heterocycles. The Hall–Kier alpha value is -1.88. The lowest BCUT2D eigenvalue weighted by Gasteiger charge is -2.07. The quantitative estimate of drug-likeness (QED) is 0.454. The molecule has 5 nitrogen and oxygen atoms in total. The molecule has 0 aliphatic heterocycles. The molecule has 0 unspecified atom stereocenters. The van der Waals surface area contributed by atoms with Gasteiger partial charge in [-0.1, -0.05) is 11.6 Å². The van der Waals surface area contributed by atoms with Crippen LogP contribution in [0.1, 0.15) is 10.4 Å². The van der Waals surface area contributed by atoms with Crippen molar-refractivity contribution in [3.8, 4) is 0 Å². The molecule has 0 heterocycles. The molecule has 2 amide bonds. The molecule has 0 saturated carbocycles. The number of amides is 2. The lowest BCUT2D eigenvalue weighted by molar-refractivity contribution is -0.109. The van der Waals surface area contributed by atoms with Crippen LogP contribution < -0.4 is 10.6 Å². The third-order valence-corrected chi connectivity index (χ3v) is 2.25. The van der Waals surface area contributed by atoms with Gasteiger partial charge in [-0.15, -0.1) is 0 Å². The van der Waals surface area contributed by atoms with Crippen molar-refractivity contribution in [1.29, 1.82) is 0 Å². The number of nitrogens with zero attached hydrogens (tertiary/aromatic N) is 1. The van der Waals surface area contributed by atoms with Crippen molar-refractivity contribution in [2.24, 2.45) is 4.99 Å². The number of nitrogens with one attached hydrogen (secondary N) is 2. The maximum Gasteiger partial charge on any atom is 0.253 e. The minimum atomic E-state index is -0.281. The van der Waals surface area contributed by atoms with Crippen LogP contribution in [0.4, 0.5) is 5.69 Å². The van der Waals surface area contributed by atoms with Crippen LogP contribution in [0.2, 0.25) is 5.02 Å². The fourth-order valence-electron chi connectivity index (χ4n) is 1.23. The van der Waals surface area contributed by atoms with E-state index >= 15 is 0 Å². The van der Waals surface area contributed by atoms with Gasteiger partial charge in [-0.05, 0) is 24.9 Å². The Bertz CT molecular complexity index is 435. The van der Waals surface area contributed by atoms with E-state index in [-0.39, 0.29) is 5.91 Å². The molecule has 1 aromatic rings. The normalized spacial score (nSPS) is 9.47. The zero-order valence-corrected chi connectivity index (χ0v) is 9.83. The Morgan fingerprint density at radius 3 is 2.88 bits per heavy atom. The van der Waals surface area contributed by atoms with Crippen LogP contribution in [0, 0.1) is 0 Å². The average Bonchev–Trinajstić information content (AvgIpc) is 2.34. The van der Waals surface area contributed by atoms with Crippen LogP contribution in [0.5, 0.6) is 0 Å². The number of benzene rings is 1. The van der Waals surface area contributed by atoms with Crippen LogP contribution in [0.15, 0.2) is 23.2 Å². The number of hydrogen-bond donors (Lipinski definition) is 2. The molecule has 2 N–H and O–H groups in total. The fraction of sp³-hybridized carbons (Fsp3) is 0.182. The molecule has 0 atom stereocenters. The van der Waals surface area contributed by atoms with Crippen LogP contribution >= 0.6 is 11.6 Å². The summed E-state index contributed by atoms with van der Waals surface area (Å²) in [7, 11) is 0. The molecule has 0 radical (unpaired) electrons. The topological polar surface area (TPSA) is 70.6 Å². The van der Waals surface area contributed by atoms with E-state index in [2.05, 4.69) is 22.3 Å². The van der Waals surface area contributed by atoms with Crippen LogP contribution in [0.3, 0.4) is 0 Å². The zero-order chi connectivity index (χ0) is 12.7. The van der Waals surface area contributed by atoms with Gasteiger partial charge >= 0.3 is 0 Å². The van der Waals surface area contributed by atoms with Crippen molar-refractivity contribution in [2.45, 2.75) is 0 Å². The van der Waals surface area contributed by atoms with E-state index in [1.807, 2.05) is 0 Å². The highest BCUT2D eigenvalue weighted by Crippen LogP contribution is 2.23. The third-order valence-electron chi connectivity index (χ3n) is 2.01. The Morgan fingerprint density at radius 1 is 1.47 bits per heavy atom. The van der Waals surface area contributed by atoms with Gasteiger partial charge in [0.15, 0.2) is 0 Å². The Labute approximate surface area is 104 Å². The first-order valence-corrected chi connectivity index (χ1v) is 5.28. The van der Waals surface area contributed by atoms with Gasteiger partial charge in [0.1, 0.15) is 0 Å². The molecule has 1 rings (SSSR count). The third kappa shape index (κ3) is 3.88.